The first-order chi connectivity index (χ1) is 17.6. The highest BCUT2D eigenvalue weighted by atomic mass is 32.2. The van der Waals surface area contributed by atoms with E-state index in [1.54, 1.807) is 11.3 Å². The maximum absolute atomic E-state index is 13.2. The minimum atomic E-state index is -0.224. The maximum atomic E-state index is 13.2. The van der Waals surface area contributed by atoms with Gasteiger partial charge in [0.05, 0.1) is 10.9 Å². The van der Waals surface area contributed by atoms with Gasteiger partial charge in [-0.3, -0.25) is 4.79 Å². The summed E-state index contributed by atoms with van der Waals surface area (Å²) in [5.41, 5.74) is 3.99. The fourth-order valence-electron chi connectivity index (χ4n) is 4.67. The zero-order valence-corrected chi connectivity index (χ0v) is 21.8. The molecule has 6 aromatic rings. The molecule has 1 nitrogen and oxygen atoms in total. The smallest absolute Gasteiger partial charge is 0.193 e. The first-order valence-electron chi connectivity index (χ1n) is 12.0. The number of ketones is 1. The standard InChI is InChI=1S/C33H25OS2/c1-22-8-6-12-26(18-22)36(27-13-7-9-23(2)19-27)28-15-17-32-30(21-28)29-20-25(14-16-31(29)35-32)33(34)24-10-4-3-5-11-24/h3-21H,1-2H3/q+1. The SMILES string of the molecule is Cc1cccc([S+](c2cccc(C)c2)c2ccc3sc4ccc(C(=O)c5ccccc5)cc4c3c2)c1. The first-order valence-corrected chi connectivity index (χ1v) is 14.0. The van der Waals surface area contributed by atoms with Crippen LogP contribution in [0.4, 0.5) is 0 Å². The van der Waals surface area contributed by atoms with E-state index in [0.29, 0.717) is 0 Å². The predicted octanol–water partition coefficient (Wildman–Crippen LogP) is 9.00. The van der Waals surface area contributed by atoms with E-state index < -0.39 is 0 Å². The van der Waals surface area contributed by atoms with Gasteiger partial charge in [0.2, 0.25) is 0 Å². The summed E-state index contributed by atoms with van der Waals surface area (Å²) < 4.78 is 2.45. The van der Waals surface area contributed by atoms with Gasteiger partial charge >= 0.3 is 0 Å². The summed E-state index contributed by atoms with van der Waals surface area (Å²) in [4.78, 5) is 17.1. The van der Waals surface area contributed by atoms with Crippen molar-refractivity contribution in [3.05, 3.63) is 138 Å². The number of thiophene rings is 1. The molecule has 6 rings (SSSR count). The van der Waals surface area contributed by atoms with Gasteiger partial charge in [-0.05, 0) is 79.6 Å². The van der Waals surface area contributed by atoms with Gasteiger partial charge in [0.25, 0.3) is 0 Å². The number of aryl methyl sites for hydroxylation is 2. The second-order valence-corrected chi connectivity index (χ2v) is 12.2. The van der Waals surface area contributed by atoms with Crippen LogP contribution in [0.5, 0.6) is 0 Å². The largest absolute Gasteiger partial charge is 0.289 e. The third kappa shape index (κ3) is 4.26. The Morgan fingerprint density at radius 3 is 1.78 bits per heavy atom. The maximum Gasteiger partial charge on any atom is 0.193 e. The van der Waals surface area contributed by atoms with Crippen LogP contribution in [0.1, 0.15) is 27.0 Å². The highest BCUT2D eigenvalue weighted by Gasteiger charge is 2.29. The van der Waals surface area contributed by atoms with Crippen LogP contribution >= 0.6 is 11.3 Å². The normalized spacial score (nSPS) is 11.4. The van der Waals surface area contributed by atoms with Crippen LogP contribution in [0.2, 0.25) is 0 Å². The van der Waals surface area contributed by atoms with Crippen LogP contribution in [-0.2, 0) is 10.9 Å². The Bertz CT molecular complexity index is 1680. The van der Waals surface area contributed by atoms with Crippen molar-refractivity contribution in [2.45, 2.75) is 28.5 Å². The van der Waals surface area contributed by atoms with E-state index in [1.165, 1.54) is 40.6 Å². The number of fused-ring (bicyclic) bond motifs is 3. The lowest BCUT2D eigenvalue weighted by atomic mass is 10.0. The summed E-state index contributed by atoms with van der Waals surface area (Å²) in [5, 5.41) is 2.36. The molecule has 0 N–H and O–H groups in total. The Balaban J connectivity index is 1.52. The molecule has 0 aliphatic rings. The highest BCUT2D eigenvalue weighted by Crippen LogP contribution is 2.39. The van der Waals surface area contributed by atoms with Crippen LogP contribution in [0.25, 0.3) is 20.2 Å². The van der Waals surface area contributed by atoms with Gasteiger partial charge in [0.15, 0.2) is 20.5 Å². The summed E-state index contributed by atoms with van der Waals surface area (Å²) in [6, 6.07) is 40.2. The molecule has 0 aliphatic heterocycles. The lowest BCUT2D eigenvalue weighted by Crippen LogP contribution is -2.05. The molecule has 0 spiro atoms. The molecule has 0 amide bonds. The third-order valence-corrected chi connectivity index (χ3v) is 9.75. The number of carbonyl (C=O) groups excluding carboxylic acids is 1. The zero-order chi connectivity index (χ0) is 24.6. The van der Waals surface area contributed by atoms with E-state index in [4.69, 9.17) is 0 Å². The van der Waals surface area contributed by atoms with Crippen molar-refractivity contribution in [1.82, 2.24) is 0 Å². The van der Waals surface area contributed by atoms with E-state index >= 15 is 0 Å². The van der Waals surface area contributed by atoms with Crippen LogP contribution in [0, 0.1) is 13.8 Å². The first kappa shape index (κ1) is 22.8. The fourth-order valence-corrected chi connectivity index (χ4v) is 8.03. The molecular formula is C33H25OS2+. The van der Waals surface area contributed by atoms with Gasteiger partial charge in [0.1, 0.15) is 0 Å². The summed E-state index contributed by atoms with van der Waals surface area (Å²) in [6.45, 7) is 4.31. The molecule has 0 fully saturated rings. The molecule has 3 heteroatoms. The number of hydrogen-bond acceptors (Lipinski definition) is 2. The average Bonchev–Trinajstić information content (AvgIpc) is 3.26. The van der Waals surface area contributed by atoms with Crippen LogP contribution in [0.15, 0.2) is 130 Å². The van der Waals surface area contributed by atoms with Crippen molar-refractivity contribution in [1.29, 1.82) is 0 Å². The van der Waals surface area contributed by atoms with Crippen molar-refractivity contribution in [2.75, 3.05) is 0 Å². The minimum Gasteiger partial charge on any atom is -0.289 e. The number of rotatable bonds is 5. The fraction of sp³-hybridized carbons (Fsp3) is 0.0606. The monoisotopic (exact) mass is 501 g/mol. The summed E-state index contributed by atoms with van der Waals surface area (Å²) in [7, 11) is -0.224. The van der Waals surface area contributed by atoms with Gasteiger partial charge in [-0.1, -0.05) is 54.6 Å². The third-order valence-electron chi connectivity index (χ3n) is 6.43. The molecular weight excluding hydrogens is 476 g/mol. The molecule has 0 aliphatic carbocycles. The van der Waals surface area contributed by atoms with Crippen molar-refractivity contribution in [2.24, 2.45) is 0 Å². The molecule has 0 unspecified atom stereocenters. The number of benzene rings is 5. The van der Waals surface area contributed by atoms with E-state index in [1.807, 2.05) is 36.4 Å². The predicted molar refractivity (Wildman–Crippen MR) is 154 cm³/mol. The topological polar surface area (TPSA) is 17.1 Å². The molecule has 36 heavy (non-hydrogen) atoms. The Kier molecular flexibility index (Phi) is 5.96. The Hall–Kier alpha value is -3.66. The molecule has 0 radical (unpaired) electrons. The van der Waals surface area contributed by atoms with Crippen molar-refractivity contribution < 1.29 is 4.79 Å². The Labute approximate surface area is 218 Å². The molecule has 0 atom stereocenters. The number of hydrogen-bond donors (Lipinski definition) is 0. The van der Waals surface area contributed by atoms with E-state index in [0.717, 1.165) is 16.5 Å². The molecule has 0 saturated heterocycles. The molecule has 174 valence electrons. The van der Waals surface area contributed by atoms with E-state index in [2.05, 4.69) is 92.7 Å². The molecule has 1 heterocycles. The quantitative estimate of drug-likeness (QED) is 0.170. The van der Waals surface area contributed by atoms with Crippen LogP contribution in [-0.4, -0.2) is 5.78 Å². The Morgan fingerprint density at radius 1 is 0.556 bits per heavy atom. The summed E-state index contributed by atoms with van der Waals surface area (Å²) >= 11 is 1.79. The Morgan fingerprint density at radius 2 is 1.14 bits per heavy atom. The molecule has 0 saturated carbocycles. The van der Waals surface area contributed by atoms with E-state index in [-0.39, 0.29) is 16.7 Å². The molecule has 0 bridgehead atoms. The van der Waals surface area contributed by atoms with Gasteiger partial charge < -0.3 is 0 Å². The van der Waals surface area contributed by atoms with Crippen molar-refractivity contribution >= 4 is 48.2 Å². The molecule has 5 aromatic carbocycles. The van der Waals surface area contributed by atoms with Crippen molar-refractivity contribution in [3.8, 4) is 0 Å². The number of carbonyl (C=O) groups is 1. The summed E-state index contributed by atoms with van der Waals surface area (Å²) in [5.74, 6) is 0.0623. The second-order valence-electron chi connectivity index (χ2n) is 9.11. The second kappa shape index (κ2) is 9.42. The van der Waals surface area contributed by atoms with Crippen molar-refractivity contribution in [3.63, 3.8) is 0 Å². The lowest BCUT2D eigenvalue weighted by Gasteiger charge is -2.10. The van der Waals surface area contributed by atoms with E-state index in [9.17, 15) is 4.79 Å². The van der Waals surface area contributed by atoms with Gasteiger partial charge in [-0.15, -0.1) is 11.3 Å². The van der Waals surface area contributed by atoms with Crippen LogP contribution in [0.3, 0.4) is 0 Å². The van der Waals surface area contributed by atoms with Crippen LogP contribution < -0.4 is 0 Å². The van der Waals surface area contributed by atoms with Gasteiger partial charge in [-0.2, -0.15) is 0 Å². The average molecular weight is 502 g/mol. The van der Waals surface area contributed by atoms with Gasteiger partial charge in [-0.25, -0.2) is 0 Å². The lowest BCUT2D eigenvalue weighted by molar-refractivity contribution is 0.103. The van der Waals surface area contributed by atoms with Gasteiger partial charge in [0, 0.05) is 37.4 Å². The minimum absolute atomic E-state index is 0.0623. The molecule has 1 aromatic heterocycles. The summed E-state index contributed by atoms with van der Waals surface area (Å²) in [6.07, 6.45) is 0. The zero-order valence-electron chi connectivity index (χ0n) is 20.2. The highest BCUT2D eigenvalue weighted by molar-refractivity contribution is 7.97.